The molecule has 3 nitrogen and oxygen atoms in total. The van der Waals surface area contributed by atoms with E-state index in [-0.39, 0.29) is 17.3 Å². The Bertz CT molecular complexity index is 353. The molecule has 1 fully saturated rings. The van der Waals surface area contributed by atoms with Crippen molar-refractivity contribution in [2.24, 2.45) is 0 Å². The first-order chi connectivity index (χ1) is 6.66. The summed E-state index contributed by atoms with van der Waals surface area (Å²) < 4.78 is 12.6. The lowest BCUT2D eigenvalue weighted by molar-refractivity contribution is -0.133. The van der Waals surface area contributed by atoms with E-state index in [1.54, 1.807) is 6.07 Å². The molecule has 0 saturated carbocycles. The van der Waals surface area contributed by atoms with E-state index in [1.807, 2.05) is 6.92 Å². The summed E-state index contributed by atoms with van der Waals surface area (Å²) in [5, 5.41) is 2.82. The molecule has 1 aromatic heterocycles. The molecule has 1 aromatic rings. The van der Waals surface area contributed by atoms with Crippen molar-refractivity contribution in [2.75, 3.05) is 0 Å². The van der Waals surface area contributed by atoms with Crippen LogP contribution in [0.5, 0.6) is 0 Å². The van der Waals surface area contributed by atoms with Crippen molar-refractivity contribution in [2.45, 2.75) is 25.3 Å². The summed E-state index contributed by atoms with van der Waals surface area (Å²) in [7, 11) is 0. The van der Waals surface area contributed by atoms with Crippen LogP contribution in [0.4, 0.5) is 4.39 Å². The molecule has 0 bridgehead atoms. The van der Waals surface area contributed by atoms with Crippen LogP contribution >= 0.6 is 0 Å². The third kappa shape index (κ3) is 1.27. The number of aromatic nitrogens is 1. The molecule has 1 atom stereocenters. The number of carbonyl (C=O) groups is 1. The van der Waals surface area contributed by atoms with Gasteiger partial charge in [-0.2, -0.15) is 0 Å². The first-order valence-corrected chi connectivity index (χ1v) is 4.59. The van der Waals surface area contributed by atoms with E-state index < -0.39 is 0 Å². The lowest BCUT2D eigenvalue weighted by Crippen LogP contribution is -2.58. The molecule has 1 aliphatic heterocycles. The Morgan fingerprint density at radius 3 is 2.79 bits per heavy atom. The van der Waals surface area contributed by atoms with Gasteiger partial charge in [0, 0.05) is 0 Å². The van der Waals surface area contributed by atoms with Gasteiger partial charge in [0.05, 0.1) is 23.9 Å². The van der Waals surface area contributed by atoms with Crippen LogP contribution in [-0.2, 0) is 10.3 Å². The molecule has 1 N–H and O–H groups in total. The number of nitrogens with one attached hydrogen (secondary N) is 1. The van der Waals surface area contributed by atoms with Gasteiger partial charge in [0.2, 0.25) is 5.91 Å². The number of β-lactam (4-membered cyclic amide) rings is 1. The van der Waals surface area contributed by atoms with Crippen molar-refractivity contribution in [3.8, 4) is 0 Å². The van der Waals surface area contributed by atoms with Gasteiger partial charge in [-0.1, -0.05) is 6.92 Å². The first-order valence-electron chi connectivity index (χ1n) is 4.59. The van der Waals surface area contributed by atoms with Gasteiger partial charge in [-0.15, -0.1) is 0 Å². The summed E-state index contributed by atoms with van der Waals surface area (Å²) in [6, 6.07) is 2.99. The monoisotopic (exact) mass is 194 g/mol. The summed E-state index contributed by atoms with van der Waals surface area (Å²) in [4.78, 5) is 14.9. The number of hydrogen-bond acceptors (Lipinski definition) is 2. The molecule has 2 rings (SSSR count). The highest BCUT2D eigenvalue weighted by molar-refractivity contribution is 5.85. The summed E-state index contributed by atoms with van der Waals surface area (Å²) in [6.07, 6.45) is 2.40. The Hall–Kier alpha value is -1.45. The number of nitrogens with zero attached hydrogens (tertiary/aromatic N) is 1. The topological polar surface area (TPSA) is 42.0 Å². The highest BCUT2D eigenvalue weighted by Crippen LogP contribution is 2.33. The summed E-state index contributed by atoms with van der Waals surface area (Å²) in [6.45, 7) is 1.98. The predicted molar refractivity (Wildman–Crippen MR) is 48.9 cm³/mol. The number of halogens is 1. The number of carbonyl (C=O) groups excluding carboxylic acids is 1. The molecule has 1 aliphatic rings. The lowest BCUT2D eigenvalue weighted by Gasteiger charge is -2.41. The fraction of sp³-hybridized carbons (Fsp3) is 0.400. The number of rotatable bonds is 2. The van der Waals surface area contributed by atoms with E-state index in [2.05, 4.69) is 10.3 Å². The molecule has 1 amide bonds. The van der Waals surface area contributed by atoms with Crippen molar-refractivity contribution in [1.29, 1.82) is 0 Å². The van der Waals surface area contributed by atoms with E-state index in [1.165, 1.54) is 12.3 Å². The van der Waals surface area contributed by atoms with Crippen LogP contribution in [0.15, 0.2) is 18.3 Å². The summed E-state index contributed by atoms with van der Waals surface area (Å²) >= 11 is 0. The highest BCUT2D eigenvalue weighted by atomic mass is 19.1. The largest absolute Gasteiger partial charge is 0.344 e. The molecule has 1 saturated heterocycles. The second-order valence-corrected chi connectivity index (χ2v) is 3.52. The van der Waals surface area contributed by atoms with E-state index in [0.29, 0.717) is 6.42 Å². The quantitative estimate of drug-likeness (QED) is 0.722. The minimum Gasteiger partial charge on any atom is -0.344 e. The van der Waals surface area contributed by atoms with Crippen LogP contribution in [-0.4, -0.2) is 10.9 Å². The molecule has 0 spiro atoms. The fourth-order valence-corrected chi connectivity index (χ4v) is 1.73. The van der Waals surface area contributed by atoms with Crippen molar-refractivity contribution in [1.82, 2.24) is 10.3 Å². The Kier molecular flexibility index (Phi) is 1.98. The smallest absolute Gasteiger partial charge is 0.223 e. The first kappa shape index (κ1) is 9.12. The molecule has 1 unspecified atom stereocenters. The highest BCUT2D eigenvalue weighted by Gasteiger charge is 2.43. The number of pyridine rings is 1. The molecule has 2 heterocycles. The van der Waals surface area contributed by atoms with Crippen molar-refractivity contribution in [3.05, 3.63) is 29.8 Å². The van der Waals surface area contributed by atoms with Gasteiger partial charge < -0.3 is 5.32 Å². The van der Waals surface area contributed by atoms with Gasteiger partial charge in [0.25, 0.3) is 0 Å². The van der Waals surface area contributed by atoms with Gasteiger partial charge in [-0.25, -0.2) is 4.39 Å². The SMILES string of the molecule is CCC1(c2ccc(F)cn2)CC(=O)N1. The molecule has 0 radical (unpaired) electrons. The van der Waals surface area contributed by atoms with E-state index in [4.69, 9.17) is 0 Å². The third-order valence-electron chi connectivity index (χ3n) is 2.66. The fourth-order valence-electron chi connectivity index (χ4n) is 1.73. The van der Waals surface area contributed by atoms with Crippen LogP contribution in [0.2, 0.25) is 0 Å². The molecule has 4 heteroatoms. The molecular formula is C10H11FN2O. The van der Waals surface area contributed by atoms with Gasteiger partial charge >= 0.3 is 0 Å². The zero-order chi connectivity index (χ0) is 10.2. The standard InChI is InChI=1S/C10H11FN2O/c1-2-10(5-9(14)13-10)8-4-3-7(11)6-12-8/h3-4,6H,2,5H2,1H3,(H,13,14). The second kappa shape index (κ2) is 3.04. The van der Waals surface area contributed by atoms with Crippen LogP contribution in [0, 0.1) is 5.82 Å². The van der Waals surface area contributed by atoms with E-state index >= 15 is 0 Å². The van der Waals surface area contributed by atoms with E-state index in [9.17, 15) is 9.18 Å². The number of amides is 1. The maximum atomic E-state index is 12.6. The Morgan fingerprint density at radius 2 is 2.36 bits per heavy atom. The Morgan fingerprint density at radius 1 is 1.64 bits per heavy atom. The summed E-state index contributed by atoms with van der Waals surface area (Å²) in [5.41, 5.74) is 0.381. The Balaban J connectivity index is 2.29. The van der Waals surface area contributed by atoms with Gasteiger partial charge in [-0.05, 0) is 18.6 Å². The zero-order valence-corrected chi connectivity index (χ0v) is 7.88. The van der Waals surface area contributed by atoms with Crippen LogP contribution in [0.3, 0.4) is 0 Å². The van der Waals surface area contributed by atoms with Crippen LogP contribution in [0.25, 0.3) is 0 Å². The Labute approximate surface area is 81.3 Å². The lowest BCUT2D eigenvalue weighted by atomic mass is 9.81. The van der Waals surface area contributed by atoms with Crippen molar-refractivity contribution >= 4 is 5.91 Å². The van der Waals surface area contributed by atoms with Gasteiger partial charge in [0.1, 0.15) is 5.82 Å². The van der Waals surface area contributed by atoms with Crippen molar-refractivity contribution in [3.63, 3.8) is 0 Å². The van der Waals surface area contributed by atoms with Crippen molar-refractivity contribution < 1.29 is 9.18 Å². The molecule has 14 heavy (non-hydrogen) atoms. The molecule has 0 aromatic carbocycles. The second-order valence-electron chi connectivity index (χ2n) is 3.52. The maximum Gasteiger partial charge on any atom is 0.223 e. The minimum atomic E-state index is -0.356. The third-order valence-corrected chi connectivity index (χ3v) is 2.66. The zero-order valence-electron chi connectivity index (χ0n) is 7.88. The van der Waals surface area contributed by atoms with Crippen LogP contribution < -0.4 is 5.32 Å². The minimum absolute atomic E-state index is 0.0259. The average Bonchev–Trinajstić information content (AvgIpc) is 2.14. The molecular weight excluding hydrogens is 183 g/mol. The van der Waals surface area contributed by atoms with Gasteiger partial charge in [0.15, 0.2) is 0 Å². The molecule has 0 aliphatic carbocycles. The average molecular weight is 194 g/mol. The summed E-state index contributed by atoms with van der Waals surface area (Å²) in [5.74, 6) is -0.330. The normalized spacial score (nSPS) is 25.4. The van der Waals surface area contributed by atoms with E-state index in [0.717, 1.165) is 12.1 Å². The predicted octanol–water partition coefficient (Wildman–Crippen LogP) is 1.35. The number of hydrogen-bond donors (Lipinski definition) is 1. The van der Waals surface area contributed by atoms with Crippen LogP contribution in [0.1, 0.15) is 25.5 Å². The maximum absolute atomic E-state index is 12.6. The molecule has 74 valence electrons. The van der Waals surface area contributed by atoms with Gasteiger partial charge in [-0.3, -0.25) is 9.78 Å².